The standard InChI is InChI=1S/C22H19N3O5/c1-10(2)25-21-16(22(28)24-25)15(11-6-4-5-7-14(11)29-3)20-17(23-21)12-8-9-13(26)18(27)19(12)30-20/h4-10,23,27H,1-3H3,(H,24,28). The van der Waals surface area contributed by atoms with Crippen LogP contribution in [-0.2, 0) is 0 Å². The molecule has 3 aromatic heterocycles. The molecule has 0 bridgehead atoms. The Morgan fingerprint density at radius 1 is 1.10 bits per heavy atom. The molecular formula is C22H19N3O5. The number of aromatic amines is 2. The van der Waals surface area contributed by atoms with Crippen molar-refractivity contribution in [3.8, 4) is 22.6 Å². The number of fused-ring (bicyclic) bond motifs is 4. The third kappa shape index (κ3) is 2.33. The van der Waals surface area contributed by atoms with E-state index in [0.29, 0.717) is 44.4 Å². The zero-order valence-corrected chi connectivity index (χ0v) is 16.6. The minimum atomic E-state index is -0.533. The van der Waals surface area contributed by atoms with E-state index in [1.165, 1.54) is 6.07 Å². The Labute approximate surface area is 169 Å². The number of aromatic hydroxyl groups is 1. The third-order valence-corrected chi connectivity index (χ3v) is 5.33. The zero-order valence-electron chi connectivity index (χ0n) is 16.6. The van der Waals surface area contributed by atoms with Crippen LogP contribution in [-0.4, -0.2) is 27.0 Å². The van der Waals surface area contributed by atoms with Crippen molar-refractivity contribution in [2.45, 2.75) is 19.9 Å². The van der Waals surface area contributed by atoms with E-state index in [2.05, 4.69) is 10.1 Å². The predicted molar refractivity (Wildman–Crippen MR) is 114 cm³/mol. The fraction of sp³-hybridized carbons (Fsp3) is 0.182. The number of para-hydroxylation sites is 1. The normalized spacial score (nSPS) is 11.9. The van der Waals surface area contributed by atoms with Crippen LogP contribution in [0.5, 0.6) is 11.5 Å². The first-order valence-corrected chi connectivity index (χ1v) is 9.50. The topological polar surface area (TPSA) is 113 Å². The first-order chi connectivity index (χ1) is 14.4. The van der Waals surface area contributed by atoms with E-state index in [1.54, 1.807) is 23.9 Å². The molecule has 5 rings (SSSR count). The minimum absolute atomic E-state index is 0.0192. The summed E-state index contributed by atoms with van der Waals surface area (Å²) in [6.07, 6.45) is 0. The number of phenolic OH excluding ortho intramolecular Hbond substituents is 1. The molecule has 0 atom stereocenters. The maximum Gasteiger partial charge on any atom is 0.274 e. The molecule has 30 heavy (non-hydrogen) atoms. The van der Waals surface area contributed by atoms with Crippen molar-refractivity contribution < 1.29 is 14.3 Å². The average molecular weight is 405 g/mol. The molecule has 0 aliphatic carbocycles. The Morgan fingerprint density at radius 2 is 1.87 bits per heavy atom. The second-order valence-corrected chi connectivity index (χ2v) is 7.42. The lowest BCUT2D eigenvalue weighted by molar-refractivity contribution is 0.416. The Morgan fingerprint density at radius 3 is 2.60 bits per heavy atom. The summed E-state index contributed by atoms with van der Waals surface area (Å²) in [5.74, 6) is 0.102. The number of ether oxygens (including phenoxy) is 1. The van der Waals surface area contributed by atoms with E-state index < -0.39 is 11.2 Å². The lowest BCUT2D eigenvalue weighted by Gasteiger charge is -2.12. The van der Waals surface area contributed by atoms with Crippen LogP contribution in [0, 0.1) is 0 Å². The van der Waals surface area contributed by atoms with Gasteiger partial charge in [0.1, 0.15) is 11.4 Å². The van der Waals surface area contributed by atoms with Crippen LogP contribution in [0.15, 0.2) is 50.4 Å². The number of methoxy groups -OCH3 is 1. The number of phenols is 1. The van der Waals surface area contributed by atoms with E-state index in [9.17, 15) is 14.7 Å². The summed E-state index contributed by atoms with van der Waals surface area (Å²) < 4.78 is 13.3. The van der Waals surface area contributed by atoms with Gasteiger partial charge in [-0.15, -0.1) is 0 Å². The summed E-state index contributed by atoms with van der Waals surface area (Å²) in [7, 11) is 1.56. The molecular weight excluding hydrogens is 386 g/mol. The van der Waals surface area contributed by atoms with Crippen LogP contribution in [0.3, 0.4) is 0 Å². The number of H-pyrrole nitrogens is 2. The monoisotopic (exact) mass is 405 g/mol. The van der Waals surface area contributed by atoms with Gasteiger partial charge in [-0.05, 0) is 32.0 Å². The zero-order chi connectivity index (χ0) is 21.2. The van der Waals surface area contributed by atoms with E-state index in [4.69, 9.17) is 9.15 Å². The van der Waals surface area contributed by atoms with Gasteiger partial charge in [-0.1, -0.05) is 18.2 Å². The molecule has 0 unspecified atom stereocenters. The highest BCUT2D eigenvalue weighted by Gasteiger charge is 2.25. The number of rotatable bonds is 3. The fourth-order valence-electron chi connectivity index (χ4n) is 3.96. The number of nitrogens with zero attached hydrogens (tertiary/aromatic N) is 1. The number of hydrogen-bond acceptors (Lipinski definition) is 5. The molecule has 152 valence electrons. The maximum absolute atomic E-state index is 13.0. The number of aromatic nitrogens is 3. The highest BCUT2D eigenvalue weighted by molar-refractivity contribution is 6.15. The van der Waals surface area contributed by atoms with Gasteiger partial charge >= 0.3 is 0 Å². The second kappa shape index (κ2) is 6.28. The Kier molecular flexibility index (Phi) is 3.79. The lowest BCUT2D eigenvalue weighted by atomic mass is 10.0. The van der Waals surface area contributed by atoms with Gasteiger partial charge in [0, 0.05) is 22.6 Å². The Bertz CT molecular complexity index is 1570. The molecule has 0 saturated heterocycles. The average Bonchev–Trinajstić information content (AvgIpc) is 3.27. The lowest BCUT2D eigenvalue weighted by Crippen LogP contribution is -2.07. The first kappa shape index (κ1) is 18.1. The van der Waals surface area contributed by atoms with E-state index in [0.717, 1.165) is 0 Å². The Balaban J connectivity index is 2.10. The molecule has 3 N–H and O–H groups in total. The van der Waals surface area contributed by atoms with E-state index in [-0.39, 0.29) is 17.2 Å². The highest BCUT2D eigenvalue weighted by atomic mass is 16.5. The molecule has 0 radical (unpaired) electrons. The van der Waals surface area contributed by atoms with Crippen LogP contribution < -0.4 is 15.7 Å². The summed E-state index contributed by atoms with van der Waals surface area (Å²) in [6.45, 7) is 3.92. The number of hydrogen-bond donors (Lipinski definition) is 3. The molecule has 0 aliphatic heterocycles. The van der Waals surface area contributed by atoms with Gasteiger partial charge in [0.05, 0.1) is 18.0 Å². The van der Waals surface area contributed by atoms with Crippen molar-refractivity contribution in [1.82, 2.24) is 14.8 Å². The molecule has 3 heterocycles. The van der Waals surface area contributed by atoms with Gasteiger partial charge in [0.15, 0.2) is 11.2 Å². The molecule has 0 saturated carbocycles. The SMILES string of the molecule is COc1ccccc1-c1c2oc3c(O)c(=O)ccc3c2[nH]c2c1c(=O)[nH]n2C(C)C. The summed E-state index contributed by atoms with van der Waals surface area (Å²) in [6, 6.07) is 10.2. The molecule has 5 aromatic rings. The molecule has 8 heteroatoms. The Hall–Kier alpha value is -3.94. The number of furan rings is 1. The smallest absolute Gasteiger partial charge is 0.274 e. The quantitative estimate of drug-likeness (QED) is 0.422. The summed E-state index contributed by atoms with van der Waals surface area (Å²) in [5, 5.41) is 14.1. The van der Waals surface area contributed by atoms with Crippen molar-refractivity contribution in [2.75, 3.05) is 7.11 Å². The molecule has 0 spiro atoms. The number of pyridine rings is 1. The van der Waals surface area contributed by atoms with Crippen LogP contribution in [0.2, 0.25) is 0 Å². The van der Waals surface area contributed by atoms with Gasteiger partial charge in [-0.25, -0.2) is 0 Å². The van der Waals surface area contributed by atoms with E-state index in [1.807, 2.05) is 32.0 Å². The number of nitrogens with one attached hydrogen (secondary N) is 2. The first-order valence-electron chi connectivity index (χ1n) is 9.50. The van der Waals surface area contributed by atoms with Gasteiger partial charge in [0.2, 0.25) is 11.2 Å². The summed E-state index contributed by atoms with van der Waals surface area (Å²) in [5.41, 5.74) is 1.96. The molecule has 8 nitrogen and oxygen atoms in total. The van der Waals surface area contributed by atoms with Crippen molar-refractivity contribution in [3.63, 3.8) is 0 Å². The highest BCUT2D eigenvalue weighted by Crippen LogP contribution is 2.42. The summed E-state index contributed by atoms with van der Waals surface area (Å²) in [4.78, 5) is 28.2. The van der Waals surface area contributed by atoms with Gasteiger partial charge in [-0.2, -0.15) is 0 Å². The van der Waals surface area contributed by atoms with E-state index >= 15 is 0 Å². The number of benzene rings is 2. The van der Waals surface area contributed by atoms with Crippen LogP contribution in [0.1, 0.15) is 19.9 Å². The van der Waals surface area contributed by atoms with Crippen molar-refractivity contribution in [3.05, 3.63) is 57.0 Å². The molecule has 0 aliphatic rings. The van der Waals surface area contributed by atoms with Crippen molar-refractivity contribution >= 4 is 33.1 Å². The largest absolute Gasteiger partial charge is 0.502 e. The van der Waals surface area contributed by atoms with Crippen LogP contribution in [0.4, 0.5) is 0 Å². The van der Waals surface area contributed by atoms with Gasteiger partial charge < -0.3 is 19.2 Å². The maximum atomic E-state index is 13.0. The predicted octanol–water partition coefficient (Wildman–Crippen LogP) is 3.88. The fourth-order valence-corrected chi connectivity index (χ4v) is 3.96. The van der Waals surface area contributed by atoms with Gasteiger partial charge in [-0.3, -0.25) is 19.4 Å². The van der Waals surface area contributed by atoms with Gasteiger partial charge in [0.25, 0.3) is 5.56 Å². The van der Waals surface area contributed by atoms with Crippen molar-refractivity contribution in [1.29, 1.82) is 0 Å². The molecule has 0 amide bonds. The summed E-state index contributed by atoms with van der Waals surface area (Å²) >= 11 is 0. The molecule has 2 aromatic carbocycles. The van der Waals surface area contributed by atoms with Crippen molar-refractivity contribution in [2.24, 2.45) is 0 Å². The van der Waals surface area contributed by atoms with Crippen LogP contribution >= 0.6 is 0 Å². The van der Waals surface area contributed by atoms with Crippen LogP contribution in [0.25, 0.3) is 44.2 Å². The second-order valence-electron chi connectivity index (χ2n) is 7.42. The molecule has 0 fully saturated rings. The minimum Gasteiger partial charge on any atom is -0.502 e. The third-order valence-electron chi connectivity index (χ3n) is 5.33.